The lowest BCUT2D eigenvalue weighted by Gasteiger charge is -2.37. The minimum absolute atomic E-state index is 0. The molecule has 0 spiro atoms. The Balaban J connectivity index is 0.00000144. The molecule has 1 aromatic carbocycles. The highest BCUT2D eigenvalue weighted by atomic mass is 35.5. The fourth-order valence-electron chi connectivity index (χ4n) is 2.76. The van der Waals surface area contributed by atoms with Crippen molar-refractivity contribution < 1.29 is 4.79 Å². The van der Waals surface area contributed by atoms with E-state index in [2.05, 4.69) is 24.4 Å². The Morgan fingerprint density at radius 3 is 2.53 bits per heavy atom. The highest BCUT2D eigenvalue weighted by Crippen LogP contribution is 2.35. The van der Waals surface area contributed by atoms with E-state index >= 15 is 0 Å². The zero-order valence-corrected chi connectivity index (χ0v) is 11.3. The van der Waals surface area contributed by atoms with Crippen LogP contribution < -0.4 is 5.32 Å². The summed E-state index contributed by atoms with van der Waals surface area (Å²) in [4.78, 5) is 12.2. The van der Waals surface area contributed by atoms with Crippen molar-refractivity contribution in [3.05, 3.63) is 35.4 Å². The second-order valence-electron chi connectivity index (χ2n) is 4.60. The summed E-state index contributed by atoms with van der Waals surface area (Å²) in [6.45, 7) is 2.08. The molecule has 2 nitrogen and oxygen atoms in total. The maximum atomic E-state index is 12.2. The summed E-state index contributed by atoms with van der Waals surface area (Å²) in [5.41, 5.74) is 1.93. The van der Waals surface area contributed by atoms with E-state index in [4.69, 9.17) is 0 Å². The van der Waals surface area contributed by atoms with Crippen molar-refractivity contribution >= 4 is 18.2 Å². The van der Waals surface area contributed by atoms with Gasteiger partial charge in [0.15, 0.2) is 5.78 Å². The normalized spacial score (nSPS) is 24.2. The Kier molecular flexibility index (Phi) is 4.72. The first-order chi connectivity index (χ1) is 7.70. The van der Waals surface area contributed by atoms with Crippen LogP contribution in [0.25, 0.3) is 0 Å². The van der Waals surface area contributed by atoms with Crippen LogP contribution in [0.1, 0.15) is 36.8 Å². The number of carbonyl (C=O) groups excluding carboxylic acids is 1. The predicted octanol–water partition coefficient (Wildman–Crippen LogP) is 2.97. The lowest BCUT2D eigenvalue weighted by molar-refractivity contribution is -0.127. The Bertz CT molecular complexity index is 405. The Labute approximate surface area is 109 Å². The summed E-state index contributed by atoms with van der Waals surface area (Å²) >= 11 is 0. The van der Waals surface area contributed by atoms with Crippen molar-refractivity contribution in [1.82, 2.24) is 5.32 Å². The second kappa shape index (κ2) is 5.65. The van der Waals surface area contributed by atoms with Gasteiger partial charge >= 0.3 is 0 Å². The van der Waals surface area contributed by atoms with E-state index in [-0.39, 0.29) is 12.4 Å². The number of rotatable bonds is 2. The van der Waals surface area contributed by atoms with Crippen LogP contribution in [-0.4, -0.2) is 12.8 Å². The molecule has 2 rings (SSSR count). The van der Waals surface area contributed by atoms with E-state index in [9.17, 15) is 4.79 Å². The molecular weight excluding hydrogens is 234 g/mol. The Morgan fingerprint density at radius 1 is 1.24 bits per heavy atom. The van der Waals surface area contributed by atoms with Crippen LogP contribution in [0.2, 0.25) is 0 Å². The van der Waals surface area contributed by atoms with Gasteiger partial charge in [-0.25, -0.2) is 0 Å². The van der Waals surface area contributed by atoms with Crippen molar-refractivity contribution in [1.29, 1.82) is 0 Å². The maximum absolute atomic E-state index is 12.2. The van der Waals surface area contributed by atoms with Gasteiger partial charge in [-0.15, -0.1) is 12.4 Å². The standard InChI is InChI=1S/C14H19NO.ClH/c1-11-7-3-4-8-12(11)14(15-2)10-6-5-9-13(14)16;/h3-4,7-8,15H,5-6,9-10H2,1-2H3;1H/t14-;/m0./s1. The minimum atomic E-state index is -0.427. The number of carbonyl (C=O) groups is 1. The highest BCUT2D eigenvalue weighted by Gasteiger charge is 2.40. The third-order valence-electron chi connectivity index (χ3n) is 3.71. The van der Waals surface area contributed by atoms with Gasteiger partial charge in [-0.3, -0.25) is 4.79 Å². The van der Waals surface area contributed by atoms with Gasteiger partial charge in [-0.05, 0) is 37.9 Å². The predicted molar refractivity (Wildman–Crippen MR) is 72.6 cm³/mol. The Hall–Kier alpha value is -0.860. The smallest absolute Gasteiger partial charge is 0.157 e. The SMILES string of the molecule is CN[C@]1(c2ccccc2C)CCCCC1=O.Cl. The first kappa shape index (κ1) is 14.2. The molecule has 0 bridgehead atoms. The van der Waals surface area contributed by atoms with Crippen molar-refractivity contribution in [2.75, 3.05) is 7.05 Å². The molecule has 1 saturated carbocycles. The number of likely N-dealkylation sites (N-methyl/N-ethyl adjacent to an activating group) is 1. The summed E-state index contributed by atoms with van der Waals surface area (Å²) in [6, 6.07) is 8.20. The number of aryl methyl sites for hydroxylation is 1. The number of halogens is 1. The number of hydrogen-bond acceptors (Lipinski definition) is 2. The van der Waals surface area contributed by atoms with Crippen molar-refractivity contribution in [2.24, 2.45) is 0 Å². The number of ketones is 1. The minimum Gasteiger partial charge on any atom is -0.304 e. The van der Waals surface area contributed by atoms with Crippen LogP contribution in [0.5, 0.6) is 0 Å². The molecule has 1 aliphatic rings. The monoisotopic (exact) mass is 253 g/mol. The average molecular weight is 254 g/mol. The van der Waals surface area contributed by atoms with E-state index in [1.54, 1.807) is 0 Å². The summed E-state index contributed by atoms with van der Waals surface area (Å²) in [7, 11) is 1.90. The zero-order chi connectivity index (χ0) is 11.6. The lowest BCUT2D eigenvalue weighted by atomic mass is 9.74. The quantitative estimate of drug-likeness (QED) is 0.878. The second-order valence-corrected chi connectivity index (χ2v) is 4.60. The molecule has 0 radical (unpaired) electrons. The van der Waals surface area contributed by atoms with Gasteiger partial charge in [0.25, 0.3) is 0 Å². The van der Waals surface area contributed by atoms with Crippen molar-refractivity contribution in [3.8, 4) is 0 Å². The van der Waals surface area contributed by atoms with E-state index < -0.39 is 5.54 Å². The molecule has 0 heterocycles. The van der Waals surface area contributed by atoms with Crippen LogP contribution >= 0.6 is 12.4 Å². The van der Waals surface area contributed by atoms with Gasteiger partial charge in [-0.1, -0.05) is 30.7 Å². The maximum Gasteiger partial charge on any atom is 0.157 e. The topological polar surface area (TPSA) is 29.1 Å². The summed E-state index contributed by atoms with van der Waals surface area (Å²) < 4.78 is 0. The number of hydrogen-bond donors (Lipinski definition) is 1. The van der Waals surface area contributed by atoms with Crippen molar-refractivity contribution in [2.45, 2.75) is 38.1 Å². The van der Waals surface area contributed by atoms with Gasteiger partial charge < -0.3 is 5.32 Å². The molecular formula is C14H20ClNO. The van der Waals surface area contributed by atoms with Crippen LogP contribution in [0.15, 0.2) is 24.3 Å². The fraction of sp³-hybridized carbons (Fsp3) is 0.500. The number of benzene rings is 1. The Morgan fingerprint density at radius 2 is 1.94 bits per heavy atom. The van der Waals surface area contributed by atoms with Crippen molar-refractivity contribution in [3.63, 3.8) is 0 Å². The third-order valence-corrected chi connectivity index (χ3v) is 3.71. The molecule has 1 N–H and O–H groups in total. The van der Waals surface area contributed by atoms with Crippen LogP contribution in [0, 0.1) is 6.92 Å². The van der Waals surface area contributed by atoms with E-state index in [1.165, 1.54) is 5.56 Å². The summed E-state index contributed by atoms with van der Waals surface area (Å²) in [6.07, 6.45) is 3.79. The van der Waals surface area contributed by atoms with Gasteiger partial charge in [0.1, 0.15) is 5.54 Å². The van der Waals surface area contributed by atoms with Gasteiger partial charge in [0, 0.05) is 6.42 Å². The average Bonchev–Trinajstić information content (AvgIpc) is 2.31. The molecule has 3 heteroatoms. The number of nitrogens with one attached hydrogen (secondary N) is 1. The zero-order valence-electron chi connectivity index (χ0n) is 10.5. The molecule has 1 aliphatic carbocycles. The van der Waals surface area contributed by atoms with Crippen LogP contribution in [0.4, 0.5) is 0 Å². The van der Waals surface area contributed by atoms with E-state index in [0.29, 0.717) is 12.2 Å². The number of Topliss-reactive ketones (excluding diaryl/α,β-unsaturated/α-hetero) is 1. The molecule has 1 aromatic rings. The first-order valence-corrected chi connectivity index (χ1v) is 5.99. The van der Waals surface area contributed by atoms with Crippen LogP contribution in [0.3, 0.4) is 0 Å². The highest BCUT2D eigenvalue weighted by molar-refractivity contribution is 5.90. The molecule has 0 amide bonds. The van der Waals surface area contributed by atoms with E-state index in [0.717, 1.165) is 24.8 Å². The largest absolute Gasteiger partial charge is 0.304 e. The molecule has 1 atom stereocenters. The molecule has 1 fully saturated rings. The molecule has 0 aromatic heterocycles. The van der Waals surface area contributed by atoms with Crippen LogP contribution in [-0.2, 0) is 10.3 Å². The van der Waals surface area contributed by atoms with Gasteiger partial charge in [0.05, 0.1) is 0 Å². The van der Waals surface area contributed by atoms with Gasteiger partial charge in [0.2, 0.25) is 0 Å². The lowest BCUT2D eigenvalue weighted by Crippen LogP contribution is -2.49. The molecule has 0 unspecified atom stereocenters. The fourth-order valence-corrected chi connectivity index (χ4v) is 2.76. The van der Waals surface area contributed by atoms with Gasteiger partial charge in [-0.2, -0.15) is 0 Å². The first-order valence-electron chi connectivity index (χ1n) is 5.99. The molecule has 0 saturated heterocycles. The summed E-state index contributed by atoms with van der Waals surface area (Å²) in [5.74, 6) is 0.343. The van der Waals surface area contributed by atoms with E-state index in [1.807, 2.05) is 19.2 Å². The molecule has 94 valence electrons. The molecule has 17 heavy (non-hydrogen) atoms. The third kappa shape index (κ3) is 2.38. The summed E-state index contributed by atoms with van der Waals surface area (Å²) in [5, 5.41) is 3.27. The molecule has 0 aliphatic heterocycles.